The van der Waals surface area contributed by atoms with Crippen LogP contribution in [0.3, 0.4) is 0 Å². The number of phenolic OH excluding ortho intramolecular Hbond substituents is 1. The minimum atomic E-state index is -1.77. The Morgan fingerprint density at radius 2 is 1.48 bits per heavy atom. The van der Waals surface area contributed by atoms with Crippen LogP contribution in [0.25, 0.3) is 22.1 Å². The molecule has 0 bridgehead atoms. The van der Waals surface area contributed by atoms with E-state index in [1.807, 2.05) is 0 Å². The van der Waals surface area contributed by atoms with Crippen LogP contribution in [0.5, 0.6) is 17.2 Å². The minimum Gasteiger partial charge on any atom is -0.502 e. The zero-order valence-electron chi connectivity index (χ0n) is 22.5. The lowest BCUT2D eigenvalue weighted by atomic mass is 9.98. The summed E-state index contributed by atoms with van der Waals surface area (Å²) < 4.78 is 32.7. The molecule has 3 aromatic rings. The van der Waals surface area contributed by atoms with E-state index in [0.29, 0.717) is 11.3 Å². The largest absolute Gasteiger partial charge is 0.502 e. The minimum absolute atomic E-state index is 0.0487. The maximum absolute atomic E-state index is 13.2. The second-order valence-corrected chi connectivity index (χ2v) is 10.1. The third kappa shape index (κ3) is 5.56. The summed E-state index contributed by atoms with van der Waals surface area (Å²) in [6.45, 7) is 0.971. The van der Waals surface area contributed by atoms with Gasteiger partial charge in [0.25, 0.3) is 0 Å². The highest BCUT2D eigenvalue weighted by Crippen LogP contribution is 2.37. The van der Waals surface area contributed by atoms with Crippen LogP contribution < -0.4 is 14.9 Å². The molecule has 1 aromatic heterocycles. The summed E-state index contributed by atoms with van der Waals surface area (Å²) in [5.74, 6) is -0.224. The van der Waals surface area contributed by atoms with Crippen LogP contribution in [0.1, 0.15) is 6.92 Å². The fraction of sp³-hybridized carbons (Fsp3) is 0.464. The van der Waals surface area contributed by atoms with Crippen LogP contribution in [0, 0.1) is 0 Å². The molecule has 0 radical (unpaired) electrons. The van der Waals surface area contributed by atoms with E-state index in [2.05, 4.69) is 0 Å². The average Bonchev–Trinajstić information content (AvgIpc) is 2.99. The number of ether oxygens (including phenoxy) is 5. The fourth-order valence-electron chi connectivity index (χ4n) is 4.85. The van der Waals surface area contributed by atoms with Crippen molar-refractivity contribution >= 4 is 11.0 Å². The molecule has 0 spiro atoms. The Bertz CT molecular complexity index is 1440. The van der Waals surface area contributed by atoms with Crippen LogP contribution in [0.15, 0.2) is 51.9 Å². The number of fused-ring (bicyclic) bond motifs is 1. The summed E-state index contributed by atoms with van der Waals surface area (Å²) in [6.07, 6.45) is -13.8. The summed E-state index contributed by atoms with van der Waals surface area (Å²) in [6, 6.07) is 9.35. The summed E-state index contributed by atoms with van der Waals surface area (Å²) in [5, 5.41) is 72.2. The van der Waals surface area contributed by atoms with E-state index in [1.54, 1.807) is 24.3 Å². The average molecular weight is 593 g/mol. The fourth-order valence-corrected chi connectivity index (χ4v) is 4.85. The molecule has 7 N–H and O–H groups in total. The molecule has 0 unspecified atom stereocenters. The molecule has 0 saturated carbocycles. The Hall–Kier alpha value is -3.31. The number of aliphatic hydroxyl groups is 6. The van der Waals surface area contributed by atoms with E-state index >= 15 is 0 Å². The van der Waals surface area contributed by atoms with Gasteiger partial charge >= 0.3 is 0 Å². The Morgan fingerprint density at radius 3 is 2.17 bits per heavy atom. The molecule has 0 amide bonds. The first kappa shape index (κ1) is 30.2. The van der Waals surface area contributed by atoms with Crippen molar-refractivity contribution in [3.63, 3.8) is 0 Å². The SMILES string of the molecule is COc1ccc(-c2coc3c(O)c(O[C@@H]4O[C@H](CO[C@H]5O[C@H](C)[C@@H](O)[C@H](O)[C@@H]5O)[C@@H](O)[C@H](O)[C@H]4O)ccc3c2=O)cc1. The number of methoxy groups -OCH3 is 1. The van der Waals surface area contributed by atoms with Crippen molar-refractivity contribution in [3.8, 4) is 28.4 Å². The molecule has 0 aliphatic carbocycles. The maximum atomic E-state index is 13.2. The van der Waals surface area contributed by atoms with Gasteiger partial charge in [-0.3, -0.25) is 4.79 Å². The summed E-state index contributed by atoms with van der Waals surface area (Å²) in [7, 11) is 1.52. The van der Waals surface area contributed by atoms with Gasteiger partial charge in [-0.1, -0.05) is 12.1 Å². The van der Waals surface area contributed by atoms with E-state index in [4.69, 9.17) is 28.1 Å². The quantitative estimate of drug-likeness (QED) is 0.179. The third-order valence-electron chi connectivity index (χ3n) is 7.42. The van der Waals surface area contributed by atoms with Gasteiger partial charge < -0.3 is 63.8 Å². The number of aromatic hydroxyl groups is 1. The predicted molar refractivity (Wildman–Crippen MR) is 142 cm³/mol. The third-order valence-corrected chi connectivity index (χ3v) is 7.42. The normalized spacial score (nSPS) is 33.4. The van der Waals surface area contributed by atoms with Gasteiger partial charge in [0.05, 0.1) is 30.8 Å². The van der Waals surface area contributed by atoms with Gasteiger partial charge in [0.15, 0.2) is 17.6 Å². The smallest absolute Gasteiger partial charge is 0.229 e. The lowest BCUT2D eigenvalue weighted by molar-refractivity contribution is -0.318. The molecule has 14 nitrogen and oxygen atoms in total. The molecule has 10 atom stereocenters. The Balaban J connectivity index is 1.33. The van der Waals surface area contributed by atoms with Crippen molar-refractivity contribution in [1.82, 2.24) is 0 Å². The summed E-state index contributed by atoms with van der Waals surface area (Å²) in [5.41, 5.74) is 0.190. The molecule has 2 fully saturated rings. The van der Waals surface area contributed by atoms with Crippen molar-refractivity contribution in [1.29, 1.82) is 0 Å². The highest BCUT2D eigenvalue weighted by molar-refractivity contribution is 5.87. The Kier molecular flexibility index (Phi) is 8.71. The highest BCUT2D eigenvalue weighted by atomic mass is 16.7. The van der Waals surface area contributed by atoms with Gasteiger partial charge in [0.1, 0.15) is 54.7 Å². The molecule has 42 heavy (non-hydrogen) atoms. The molecule has 5 rings (SSSR count). The van der Waals surface area contributed by atoms with Crippen molar-refractivity contribution in [2.75, 3.05) is 13.7 Å². The molecule has 3 heterocycles. The summed E-state index contributed by atoms with van der Waals surface area (Å²) >= 11 is 0. The van der Waals surface area contributed by atoms with Gasteiger partial charge in [-0.25, -0.2) is 0 Å². The number of rotatable bonds is 7. The van der Waals surface area contributed by atoms with Crippen LogP contribution in [0.4, 0.5) is 0 Å². The van der Waals surface area contributed by atoms with Crippen LogP contribution in [-0.2, 0) is 14.2 Å². The lowest BCUT2D eigenvalue weighted by Gasteiger charge is -2.42. The number of hydrogen-bond acceptors (Lipinski definition) is 14. The first-order chi connectivity index (χ1) is 20.0. The maximum Gasteiger partial charge on any atom is 0.229 e. The van der Waals surface area contributed by atoms with Gasteiger partial charge in [0.2, 0.25) is 17.5 Å². The second kappa shape index (κ2) is 12.1. The van der Waals surface area contributed by atoms with Crippen molar-refractivity contribution < 1.29 is 63.8 Å². The molecular formula is C28H32O14. The van der Waals surface area contributed by atoms with E-state index in [0.717, 1.165) is 0 Å². The zero-order chi connectivity index (χ0) is 30.3. The Labute approximate surface area is 238 Å². The van der Waals surface area contributed by atoms with Gasteiger partial charge in [-0.15, -0.1) is 0 Å². The Morgan fingerprint density at radius 1 is 0.810 bits per heavy atom. The second-order valence-electron chi connectivity index (χ2n) is 10.1. The van der Waals surface area contributed by atoms with E-state index in [1.165, 1.54) is 32.4 Å². The first-order valence-corrected chi connectivity index (χ1v) is 13.1. The van der Waals surface area contributed by atoms with Crippen LogP contribution in [0.2, 0.25) is 0 Å². The molecule has 2 aromatic carbocycles. The monoisotopic (exact) mass is 592 g/mol. The number of hydrogen-bond donors (Lipinski definition) is 7. The number of aliphatic hydroxyl groups excluding tert-OH is 6. The molecule has 2 aliphatic heterocycles. The highest BCUT2D eigenvalue weighted by Gasteiger charge is 2.47. The van der Waals surface area contributed by atoms with E-state index in [9.17, 15) is 40.5 Å². The molecule has 2 aliphatic rings. The van der Waals surface area contributed by atoms with Crippen LogP contribution >= 0.6 is 0 Å². The van der Waals surface area contributed by atoms with Crippen molar-refractivity contribution in [2.24, 2.45) is 0 Å². The van der Waals surface area contributed by atoms with Crippen molar-refractivity contribution in [3.05, 3.63) is 52.9 Å². The van der Waals surface area contributed by atoms with Crippen LogP contribution in [-0.4, -0.2) is 111 Å². The van der Waals surface area contributed by atoms with Gasteiger partial charge in [0, 0.05) is 0 Å². The molecule has 14 heteroatoms. The number of phenols is 1. The predicted octanol–water partition coefficient (Wildman–Crippen LogP) is -0.795. The van der Waals surface area contributed by atoms with Gasteiger partial charge in [-0.05, 0) is 36.8 Å². The zero-order valence-corrected chi connectivity index (χ0v) is 22.5. The molecule has 228 valence electrons. The molecule has 2 saturated heterocycles. The number of benzene rings is 2. The lowest BCUT2D eigenvalue weighted by Crippen LogP contribution is -2.61. The van der Waals surface area contributed by atoms with E-state index < -0.39 is 79.2 Å². The standard InChI is InChI=1S/C28H32O14/c1-11-18(29)22(33)24(35)27(40-11)39-10-17-20(31)23(34)25(36)28(42-17)41-16-8-7-14-19(30)15(9-38-26(14)21(16)32)12-3-5-13(37-2)6-4-12/h3-9,11,17-18,20,22-25,27-29,31-36H,10H2,1-2H3/t11-,17-,18-,20-,22+,23+,24+,25-,27+,28-/m1/s1. The van der Waals surface area contributed by atoms with Crippen molar-refractivity contribution in [2.45, 2.75) is 68.3 Å². The molecular weight excluding hydrogens is 560 g/mol. The first-order valence-electron chi connectivity index (χ1n) is 13.1. The topological polar surface area (TPSA) is 218 Å². The summed E-state index contributed by atoms with van der Waals surface area (Å²) in [4.78, 5) is 13.2. The van der Waals surface area contributed by atoms with E-state index in [-0.39, 0.29) is 22.3 Å². The van der Waals surface area contributed by atoms with Gasteiger partial charge in [-0.2, -0.15) is 0 Å².